The van der Waals surface area contributed by atoms with Crippen molar-refractivity contribution in [2.24, 2.45) is 5.92 Å². The lowest BCUT2D eigenvalue weighted by atomic mass is 9.92. The summed E-state index contributed by atoms with van der Waals surface area (Å²) in [4.78, 5) is 12.4. The summed E-state index contributed by atoms with van der Waals surface area (Å²) < 4.78 is 10.7. The number of carbonyl (C=O) groups excluding carboxylic acids is 1. The van der Waals surface area contributed by atoms with Crippen molar-refractivity contribution in [3.8, 4) is 11.5 Å². The predicted octanol–water partition coefficient (Wildman–Crippen LogP) is 2.55. The fourth-order valence-electron chi connectivity index (χ4n) is 2.70. The van der Waals surface area contributed by atoms with Crippen LogP contribution in [0.4, 0.5) is 0 Å². The van der Waals surface area contributed by atoms with Crippen molar-refractivity contribution in [1.82, 2.24) is 5.32 Å². The minimum Gasteiger partial charge on any atom is -0.454 e. The van der Waals surface area contributed by atoms with Gasteiger partial charge in [0.1, 0.15) is 0 Å². The number of allylic oxidation sites excluding steroid dienone is 3. The summed E-state index contributed by atoms with van der Waals surface area (Å²) in [6, 6.07) is 5.68. The molecule has 1 saturated heterocycles. The molecule has 1 aromatic carbocycles. The molecule has 0 aliphatic carbocycles. The first-order valence-electron chi connectivity index (χ1n) is 7.26. The Kier molecular flexibility index (Phi) is 4.06. The number of nitrogens with one attached hydrogen (secondary N) is 1. The molecule has 1 atom stereocenters. The van der Waals surface area contributed by atoms with Crippen molar-refractivity contribution in [3.63, 3.8) is 0 Å². The van der Waals surface area contributed by atoms with Crippen LogP contribution in [0.15, 0.2) is 36.9 Å². The van der Waals surface area contributed by atoms with Crippen molar-refractivity contribution in [2.75, 3.05) is 19.9 Å². The lowest BCUT2D eigenvalue weighted by Crippen LogP contribution is -2.33. The Bertz CT molecular complexity index is 586. The van der Waals surface area contributed by atoms with Gasteiger partial charge >= 0.3 is 0 Å². The fraction of sp³-hybridized carbons (Fsp3) is 0.353. The van der Waals surface area contributed by atoms with Gasteiger partial charge in [-0.05, 0) is 48.7 Å². The highest BCUT2D eigenvalue weighted by Crippen LogP contribution is 2.34. The second-order valence-electron chi connectivity index (χ2n) is 5.32. The largest absolute Gasteiger partial charge is 0.454 e. The van der Waals surface area contributed by atoms with Crippen LogP contribution in [0.25, 0.3) is 5.57 Å². The highest BCUT2D eigenvalue weighted by Gasteiger charge is 2.20. The van der Waals surface area contributed by atoms with Crippen LogP contribution in [0.2, 0.25) is 0 Å². The van der Waals surface area contributed by atoms with E-state index in [0.29, 0.717) is 5.75 Å². The smallest absolute Gasteiger partial charge is 0.231 e. The molecule has 0 bridgehead atoms. The molecule has 0 saturated carbocycles. The van der Waals surface area contributed by atoms with Gasteiger partial charge in [0, 0.05) is 12.5 Å². The molecule has 1 N–H and O–H groups in total. The van der Waals surface area contributed by atoms with Crippen LogP contribution < -0.4 is 14.8 Å². The maximum Gasteiger partial charge on any atom is 0.231 e. The van der Waals surface area contributed by atoms with Gasteiger partial charge in [0.05, 0.1) is 0 Å². The van der Waals surface area contributed by atoms with Crippen molar-refractivity contribution < 1.29 is 14.3 Å². The third-order valence-electron chi connectivity index (χ3n) is 3.92. The van der Waals surface area contributed by atoms with Crippen LogP contribution in [0.3, 0.4) is 0 Å². The highest BCUT2D eigenvalue weighted by molar-refractivity contribution is 6.00. The second-order valence-corrected chi connectivity index (χ2v) is 5.32. The molecular weight excluding hydrogens is 266 g/mol. The van der Waals surface area contributed by atoms with Crippen LogP contribution in [0.5, 0.6) is 11.5 Å². The zero-order valence-electron chi connectivity index (χ0n) is 11.9. The summed E-state index contributed by atoms with van der Waals surface area (Å²) >= 11 is 0. The van der Waals surface area contributed by atoms with Gasteiger partial charge in [-0.25, -0.2) is 0 Å². The molecule has 110 valence electrons. The second kappa shape index (κ2) is 6.14. The van der Waals surface area contributed by atoms with Crippen LogP contribution in [-0.4, -0.2) is 25.7 Å². The lowest BCUT2D eigenvalue weighted by molar-refractivity contribution is -0.118. The van der Waals surface area contributed by atoms with E-state index in [-0.39, 0.29) is 18.5 Å². The molecule has 0 radical (unpaired) electrons. The Morgan fingerprint density at radius 2 is 2.19 bits per heavy atom. The van der Waals surface area contributed by atoms with Crippen LogP contribution in [-0.2, 0) is 4.79 Å². The standard InChI is InChI=1S/C17H19NO3/c1-2-12(8-15(19)14-4-3-7-18-10-14)13-5-6-16-17(9-13)21-11-20-16/h2,5-6,8-9,14,18H,1,3-4,7,10-11H2. The van der Waals surface area contributed by atoms with E-state index in [4.69, 9.17) is 9.47 Å². The number of fused-ring (bicyclic) bond motifs is 1. The number of ketones is 1. The number of hydrogen-bond donors (Lipinski definition) is 1. The van der Waals surface area contributed by atoms with E-state index >= 15 is 0 Å². The quantitative estimate of drug-likeness (QED) is 0.682. The van der Waals surface area contributed by atoms with Gasteiger partial charge < -0.3 is 14.8 Å². The molecule has 0 aromatic heterocycles. The average Bonchev–Trinajstić information content (AvgIpc) is 3.00. The zero-order valence-corrected chi connectivity index (χ0v) is 11.9. The van der Waals surface area contributed by atoms with Gasteiger partial charge in [-0.3, -0.25) is 4.79 Å². The molecular formula is C17H19NO3. The monoisotopic (exact) mass is 285 g/mol. The minimum absolute atomic E-state index is 0.0720. The third kappa shape index (κ3) is 3.00. The summed E-state index contributed by atoms with van der Waals surface area (Å²) in [5, 5.41) is 3.27. The molecule has 4 heteroatoms. The Morgan fingerprint density at radius 3 is 2.95 bits per heavy atom. The average molecular weight is 285 g/mol. The molecule has 2 aliphatic heterocycles. The number of benzene rings is 1. The van der Waals surface area contributed by atoms with E-state index in [0.717, 1.165) is 42.8 Å². The first-order chi connectivity index (χ1) is 10.3. The van der Waals surface area contributed by atoms with E-state index in [1.165, 1.54) is 0 Å². The van der Waals surface area contributed by atoms with Crippen LogP contribution in [0, 0.1) is 5.92 Å². The third-order valence-corrected chi connectivity index (χ3v) is 3.92. The topological polar surface area (TPSA) is 47.6 Å². The molecule has 3 rings (SSSR count). The van der Waals surface area contributed by atoms with E-state index in [9.17, 15) is 4.79 Å². The molecule has 1 aromatic rings. The summed E-state index contributed by atoms with van der Waals surface area (Å²) in [6.07, 6.45) is 5.42. The Hall–Kier alpha value is -2.07. The minimum atomic E-state index is 0.0720. The van der Waals surface area contributed by atoms with Crippen molar-refractivity contribution in [2.45, 2.75) is 12.8 Å². The van der Waals surface area contributed by atoms with Gasteiger partial charge in [0.15, 0.2) is 17.3 Å². The van der Waals surface area contributed by atoms with E-state index in [1.807, 2.05) is 18.2 Å². The van der Waals surface area contributed by atoms with Gasteiger partial charge in [0.2, 0.25) is 6.79 Å². The predicted molar refractivity (Wildman–Crippen MR) is 81.3 cm³/mol. The molecule has 1 unspecified atom stereocenters. The molecule has 0 spiro atoms. The lowest BCUT2D eigenvalue weighted by Gasteiger charge is -2.20. The molecule has 4 nitrogen and oxygen atoms in total. The van der Waals surface area contributed by atoms with Gasteiger partial charge in [0.25, 0.3) is 0 Å². The maximum atomic E-state index is 12.4. The van der Waals surface area contributed by atoms with Gasteiger partial charge in [-0.2, -0.15) is 0 Å². The number of rotatable bonds is 4. The summed E-state index contributed by atoms with van der Waals surface area (Å²) in [6.45, 7) is 5.84. The van der Waals surface area contributed by atoms with Crippen molar-refractivity contribution in [1.29, 1.82) is 0 Å². The van der Waals surface area contributed by atoms with Gasteiger partial charge in [-0.1, -0.05) is 18.7 Å². The van der Waals surface area contributed by atoms with E-state index < -0.39 is 0 Å². The SMILES string of the molecule is C=CC(=CC(=O)C1CCCNC1)c1ccc2c(c1)OCO2. The summed E-state index contributed by atoms with van der Waals surface area (Å²) in [7, 11) is 0. The summed E-state index contributed by atoms with van der Waals surface area (Å²) in [5.74, 6) is 1.69. The van der Waals surface area contributed by atoms with E-state index in [1.54, 1.807) is 12.2 Å². The number of ether oxygens (including phenoxy) is 2. The highest BCUT2D eigenvalue weighted by atomic mass is 16.7. The maximum absolute atomic E-state index is 12.4. The zero-order chi connectivity index (χ0) is 14.7. The fourth-order valence-corrected chi connectivity index (χ4v) is 2.70. The van der Waals surface area contributed by atoms with Crippen molar-refractivity contribution in [3.05, 3.63) is 42.5 Å². The number of piperidine rings is 1. The number of carbonyl (C=O) groups is 1. The first kappa shape index (κ1) is 13.9. The van der Waals surface area contributed by atoms with Gasteiger partial charge in [-0.15, -0.1) is 0 Å². The number of hydrogen-bond acceptors (Lipinski definition) is 4. The summed E-state index contributed by atoms with van der Waals surface area (Å²) in [5.41, 5.74) is 1.75. The first-order valence-corrected chi connectivity index (χ1v) is 7.26. The molecule has 21 heavy (non-hydrogen) atoms. The normalized spacial score (nSPS) is 21.1. The molecule has 2 aliphatic rings. The van der Waals surface area contributed by atoms with E-state index in [2.05, 4.69) is 11.9 Å². The Balaban J connectivity index is 1.82. The Morgan fingerprint density at radius 1 is 1.33 bits per heavy atom. The molecule has 2 heterocycles. The molecule has 0 amide bonds. The van der Waals surface area contributed by atoms with Crippen molar-refractivity contribution >= 4 is 11.4 Å². The van der Waals surface area contributed by atoms with Crippen LogP contribution in [0.1, 0.15) is 18.4 Å². The molecule has 1 fully saturated rings. The Labute approximate surface area is 124 Å². The van der Waals surface area contributed by atoms with Crippen LogP contribution >= 0.6 is 0 Å².